The molecule has 1 N–H and O–H groups in total. The highest BCUT2D eigenvalue weighted by molar-refractivity contribution is 5.94. The fraction of sp³-hybridized carbons (Fsp3) is 0.632. The van der Waals surface area contributed by atoms with Gasteiger partial charge in [-0.2, -0.15) is 0 Å². The summed E-state index contributed by atoms with van der Waals surface area (Å²) in [6, 6.07) is 7.84. The second-order valence-electron chi connectivity index (χ2n) is 7.04. The summed E-state index contributed by atoms with van der Waals surface area (Å²) in [7, 11) is 1.93. The molecule has 5 heteroatoms. The van der Waals surface area contributed by atoms with Gasteiger partial charge in [-0.3, -0.25) is 4.79 Å². The molecule has 0 unspecified atom stereocenters. The largest absolute Gasteiger partial charge is 0.395 e. The van der Waals surface area contributed by atoms with Crippen LogP contribution in [0.5, 0.6) is 0 Å². The Morgan fingerprint density at radius 1 is 1.33 bits per heavy atom. The Hall–Kier alpha value is -1.59. The van der Waals surface area contributed by atoms with E-state index in [1.54, 1.807) is 0 Å². The Bertz CT molecular complexity index is 542. The maximum atomic E-state index is 12.9. The lowest BCUT2D eigenvalue weighted by atomic mass is 9.92. The van der Waals surface area contributed by atoms with E-state index in [4.69, 9.17) is 9.84 Å². The van der Waals surface area contributed by atoms with Crippen molar-refractivity contribution in [3.05, 3.63) is 29.8 Å². The van der Waals surface area contributed by atoms with Crippen LogP contribution >= 0.6 is 0 Å². The van der Waals surface area contributed by atoms with Gasteiger partial charge in [0.2, 0.25) is 0 Å². The standard InChI is InChI=1S/C19H30N2O3/c1-5-21(17-10-13-24-19(2,3)14-17)18(23)15-6-8-16(9-7-15)20(4)11-12-22/h6-9,17,22H,5,10-14H2,1-4H3/t17-/m1/s1. The summed E-state index contributed by atoms with van der Waals surface area (Å²) in [5.41, 5.74) is 1.53. The molecule has 0 bridgehead atoms. The number of likely N-dealkylation sites (N-methyl/N-ethyl adjacent to an activating group) is 1. The Labute approximate surface area is 145 Å². The van der Waals surface area contributed by atoms with Crippen LogP contribution in [0.4, 0.5) is 5.69 Å². The van der Waals surface area contributed by atoms with E-state index in [-0.39, 0.29) is 24.2 Å². The number of amides is 1. The Morgan fingerprint density at radius 3 is 2.54 bits per heavy atom. The second kappa shape index (κ2) is 7.99. The molecule has 1 heterocycles. The minimum absolute atomic E-state index is 0.0801. The number of rotatable bonds is 6. The molecular weight excluding hydrogens is 304 g/mol. The third-order valence-electron chi connectivity index (χ3n) is 4.70. The first kappa shape index (κ1) is 18.7. The normalized spacial score (nSPS) is 19.8. The Morgan fingerprint density at radius 2 is 2.00 bits per heavy atom. The van der Waals surface area contributed by atoms with Gasteiger partial charge in [-0.05, 0) is 57.9 Å². The number of aliphatic hydroxyl groups is 1. The summed E-state index contributed by atoms with van der Waals surface area (Å²) >= 11 is 0. The number of carbonyl (C=O) groups is 1. The lowest BCUT2D eigenvalue weighted by Gasteiger charge is -2.41. The van der Waals surface area contributed by atoms with Crippen LogP contribution in [0.25, 0.3) is 0 Å². The van der Waals surface area contributed by atoms with Gasteiger partial charge in [-0.1, -0.05) is 0 Å². The molecule has 1 fully saturated rings. The van der Waals surface area contributed by atoms with Gasteiger partial charge in [0, 0.05) is 44.0 Å². The first-order valence-electron chi connectivity index (χ1n) is 8.75. The number of anilines is 1. The molecule has 1 aliphatic rings. The van der Waals surface area contributed by atoms with Crippen LogP contribution < -0.4 is 4.90 Å². The predicted molar refractivity (Wildman–Crippen MR) is 96.6 cm³/mol. The number of hydrogen-bond acceptors (Lipinski definition) is 4. The van der Waals surface area contributed by atoms with Crippen molar-refractivity contribution in [1.29, 1.82) is 0 Å². The maximum absolute atomic E-state index is 12.9. The second-order valence-corrected chi connectivity index (χ2v) is 7.04. The van der Waals surface area contributed by atoms with Crippen molar-refractivity contribution in [2.75, 3.05) is 38.3 Å². The molecule has 24 heavy (non-hydrogen) atoms. The number of hydrogen-bond donors (Lipinski definition) is 1. The first-order chi connectivity index (χ1) is 11.4. The van der Waals surface area contributed by atoms with Crippen LogP contribution in [-0.4, -0.2) is 60.9 Å². The van der Waals surface area contributed by atoms with Gasteiger partial charge in [-0.25, -0.2) is 0 Å². The fourth-order valence-electron chi connectivity index (χ4n) is 3.34. The zero-order chi connectivity index (χ0) is 17.7. The van der Waals surface area contributed by atoms with E-state index >= 15 is 0 Å². The van der Waals surface area contributed by atoms with Gasteiger partial charge in [0.15, 0.2) is 0 Å². The van der Waals surface area contributed by atoms with Crippen LogP contribution in [-0.2, 0) is 4.74 Å². The van der Waals surface area contributed by atoms with Crippen molar-refractivity contribution < 1.29 is 14.6 Å². The predicted octanol–water partition coefficient (Wildman–Crippen LogP) is 2.53. The molecule has 5 nitrogen and oxygen atoms in total. The van der Waals surface area contributed by atoms with Crippen LogP contribution in [0.2, 0.25) is 0 Å². The molecule has 1 amide bonds. The van der Waals surface area contributed by atoms with E-state index in [1.807, 2.05) is 48.0 Å². The highest BCUT2D eigenvalue weighted by atomic mass is 16.5. The highest BCUT2D eigenvalue weighted by Gasteiger charge is 2.33. The summed E-state index contributed by atoms with van der Waals surface area (Å²) in [6.45, 7) is 8.29. The molecule has 0 aromatic heterocycles. The zero-order valence-electron chi connectivity index (χ0n) is 15.3. The smallest absolute Gasteiger partial charge is 0.254 e. The molecule has 1 aliphatic heterocycles. The first-order valence-corrected chi connectivity index (χ1v) is 8.75. The Kier molecular flexibility index (Phi) is 6.24. The van der Waals surface area contributed by atoms with Gasteiger partial charge >= 0.3 is 0 Å². The van der Waals surface area contributed by atoms with E-state index in [1.165, 1.54) is 0 Å². The van der Waals surface area contributed by atoms with Gasteiger partial charge in [0.1, 0.15) is 0 Å². The van der Waals surface area contributed by atoms with E-state index < -0.39 is 0 Å². The van der Waals surface area contributed by atoms with Gasteiger partial charge in [0.05, 0.1) is 12.2 Å². The fourth-order valence-corrected chi connectivity index (χ4v) is 3.34. The van der Waals surface area contributed by atoms with Gasteiger partial charge in [0.25, 0.3) is 5.91 Å². The maximum Gasteiger partial charge on any atom is 0.254 e. The molecule has 0 aliphatic carbocycles. The van der Waals surface area contributed by atoms with Crippen LogP contribution in [0.15, 0.2) is 24.3 Å². The van der Waals surface area contributed by atoms with E-state index in [9.17, 15) is 4.79 Å². The summed E-state index contributed by atoms with van der Waals surface area (Å²) < 4.78 is 5.78. The average Bonchev–Trinajstić information content (AvgIpc) is 2.55. The minimum Gasteiger partial charge on any atom is -0.395 e. The summed E-state index contributed by atoms with van der Waals surface area (Å²) in [6.07, 6.45) is 1.75. The number of carbonyl (C=O) groups excluding carboxylic acids is 1. The topological polar surface area (TPSA) is 53.0 Å². The summed E-state index contributed by atoms with van der Waals surface area (Å²) in [5, 5.41) is 9.02. The Balaban J connectivity index is 2.10. The van der Waals surface area contributed by atoms with Crippen LogP contribution in [0.1, 0.15) is 44.0 Å². The third-order valence-corrected chi connectivity index (χ3v) is 4.70. The van der Waals surface area contributed by atoms with E-state index in [0.717, 1.165) is 18.5 Å². The average molecular weight is 334 g/mol. The number of ether oxygens (including phenoxy) is 1. The van der Waals surface area contributed by atoms with Gasteiger partial charge in [-0.15, -0.1) is 0 Å². The highest BCUT2D eigenvalue weighted by Crippen LogP contribution is 2.28. The molecule has 1 saturated heterocycles. The molecule has 2 rings (SSSR count). The monoisotopic (exact) mass is 334 g/mol. The molecule has 0 spiro atoms. The minimum atomic E-state index is -0.173. The van der Waals surface area contributed by atoms with E-state index in [2.05, 4.69) is 13.8 Å². The van der Waals surface area contributed by atoms with Crippen molar-refractivity contribution in [2.24, 2.45) is 0 Å². The van der Waals surface area contributed by atoms with E-state index in [0.29, 0.717) is 25.3 Å². The quantitative estimate of drug-likeness (QED) is 0.869. The van der Waals surface area contributed by atoms with Crippen LogP contribution in [0, 0.1) is 0 Å². The van der Waals surface area contributed by atoms with Crippen molar-refractivity contribution in [1.82, 2.24) is 4.90 Å². The number of nitrogens with zero attached hydrogens (tertiary/aromatic N) is 2. The van der Waals surface area contributed by atoms with Crippen molar-refractivity contribution in [3.8, 4) is 0 Å². The number of aliphatic hydroxyl groups excluding tert-OH is 1. The zero-order valence-corrected chi connectivity index (χ0v) is 15.3. The van der Waals surface area contributed by atoms with Crippen molar-refractivity contribution >= 4 is 11.6 Å². The third kappa shape index (κ3) is 4.48. The van der Waals surface area contributed by atoms with Crippen molar-refractivity contribution in [3.63, 3.8) is 0 Å². The SMILES string of the molecule is CCN(C(=O)c1ccc(N(C)CCO)cc1)[C@@H]1CCOC(C)(C)C1. The molecule has 0 saturated carbocycles. The van der Waals surface area contributed by atoms with Crippen molar-refractivity contribution in [2.45, 2.75) is 45.3 Å². The molecular formula is C19H30N2O3. The molecule has 0 radical (unpaired) electrons. The molecule has 1 aromatic rings. The molecule has 134 valence electrons. The molecule has 1 aromatic carbocycles. The number of benzene rings is 1. The van der Waals surface area contributed by atoms with Crippen LogP contribution in [0.3, 0.4) is 0 Å². The lowest BCUT2D eigenvalue weighted by molar-refractivity contribution is -0.0777. The summed E-state index contributed by atoms with van der Waals surface area (Å²) in [5.74, 6) is 0.0801. The van der Waals surface area contributed by atoms with Gasteiger partial charge < -0.3 is 19.6 Å². The molecule has 1 atom stereocenters. The summed E-state index contributed by atoms with van der Waals surface area (Å²) in [4.78, 5) is 16.9. The lowest BCUT2D eigenvalue weighted by Crippen LogP contribution is -2.48.